The summed E-state index contributed by atoms with van der Waals surface area (Å²) < 4.78 is 64.5. The minimum Gasteiger partial charge on any atom is -0.396 e. The number of rotatable bonds is 3. The summed E-state index contributed by atoms with van der Waals surface area (Å²) in [4.78, 5) is 0. The highest BCUT2D eigenvalue weighted by atomic mass is 19.3. The number of aliphatic hydroxyl groups excluding tert-OH is 1. The molecule has 1 nitrogen and oxygen atoms in total. The molecule has 0 saturated carbocycles. The molecule has 0 fully saturated rings. The first-order valence-electron chi connectivity index (χ1n) is 4.03. The van der Waals surface area contributed by atoms with Crippen LogP contribution in [-0.2, 0) is 5.92 Å². The molecular formula is C9H7F5O. The van der Waals surface area contributed by atoms with Gasteiger partial charge in [0.15, 0.2) is 11.6 Å². The standard InChI is InChI=1S/C9H7F5O/c10-5-1-2-6(11)8(12)7(5)9(13,14)3-4-15/h1-2,15H,3-4H2. The third-order valence-corrected chi connectivity index (χ3v) is 1.84. The molecule has 0 bridgehead atoms. The summed E-state index contributed by atoms with van der Waals surface area (Å²) in [5, 5.41) is 8.30. The molecule has 15 heavy (non-hydrogen) atoms. The van der Waals surface area contributed by atoms with Crippen molar-refractivity contribution in [3.8, 4) is 0 Å². The quantitative estimate of drug-likeness (QED) is 0.620. The van der Waals surface area contributed by atoms with E-state index >= 15 is 0 Å². The Kier molecular flexibility index (Phi) is 3.28. The van der Waals surface area contributed by atoms with Gasteiger partial charge in [0, 0.05) is 13.0 Å². The van der Waals surface area contributed by atoms with Crippen molar-refractivity contribution in [3.05, 3.63) is 35.1 Å². The zero-order chi connectivity index (χ0) is 11.6. The van der Waals surface area contributed by atoms with Gasteiger partial charge in [0.25, 0.3) is 5.92 Å². The van der Waals surface area contributed by atoms with Crippen LogP contribution in [0.2, 0.25) is 0 Å². The van der Waals surface area contributed by atoms with Gasteiger partial charge < -0.3 is 5.11 Å². The molecule has 0 amide bonds. The van der Waals surface area contributed by atoms with Crippen LogP contribution in [0.4, 0.5) is 22.0 Å². The number of halogens is 5. The van der Waals surface area contributed by atoms with Gasteiger partial charge in [-0.25, -0.2) is 22.0 Å². The average molecular weight is 226 g/mol. The minimum atomic E-state index is -3.93. The highest BCUT2D eigenvalue weighted by Gasteiger charge is 2.38. The van der Waals surface area contributed by atoms with Gasteiger partial charge in [-0.2, -0.15) is 0 Å². The van der Waals surface area contributed by atoms with Gasteiger partial charge in [-0.15, -0.1) is 0 Å². The van der Waals surface area contributed by atoms with Gasteiger partial charge in [0.05, 0.1) is 5.56 Å². The van der Waals surface area contributed by atoms with E-state index in [0.717, 1.165) is 0 Å². The van der Waals surface area contributed by atoms with Gasteiger partial charge in [0.2, 0.25) is 0 Å². The predicted molar refractivity (Wildman–Crippen MR) is 41.9 cm³/mol. The second kappa shape index (κ2) is 4.14. The molecule has 0 saturated heterocycles. The van der Waals surface area contributed by atoms with Crippen LogP contribution in [0.3, 0.4) is 0 Å². The predicted octanol–water partition coefficient (Wildman–Crippen LogP) is 2.58. The van der Waals surface area contributed by atoms with Gasteiger partial charge in [-0.1, -0.05) is 0 Å². The van der Waals surface area contributed by atoms with E-state index in [1.807, 2.05) is 0 Å². The largest absolute Gasteiger partial charge is 0.396 e. The Balaban J connectivity index is 3.29. The Bertz CT molecular complexity index is 364. The van der Waals surface area contributed by atoms with Crippen molar-refractivity contribution in [1.29, 1.82) is 0 Å². The maximum atomic E-state index is 13.1. The molecule has 0 spiro atoms. The molecule has 0 heterocycles. The lowest BCUT2D eigenvalue weighted by Gasteiger charge is -2.16. The molecule has 84 valence electrons. The van der Waals surface area contributed by atoms with Crippen LogP contribution in [0.1, 0.15) is 12.0 Å². The molecule has 0 unspecified atom stereocenters. The first-order valence-corrected chi connectivity index (χ1v) is 4.03. The van der Waals surface area contributed by atoms with Crippen molar-refractivity contribution < 1.29 is 27.1 Å². The van der Waals surface area contributed by atoms with E-state index in [0.29, 0.717) is 12.1 Å². The van der Waals surface area contributed by atoms with E-state index in [1.165, 1.54) is 0 Å². The van der Waals surface area contributed by atoms with Crippen molar-refractivity contribution >= 4 is 0 Å². The lowest BCUT2D eigenvalue weighted by Crippen LogP contribution is -2.20. The van der Waals surface area contributed by atoms with E-state index in [-0.39, 0.29) is 0 Å². The Hall–Kier alpha value is -1.17. The minimum absolute atomic E-state index is 0.416. The molecule has 0 aliphatic rings. The molecule has 1 N–H and O–H groups in total. The van der Waals surface area contributed by atoms with Gasteiger partial charge in [-0.05, 0) is 12.1 Å². The highest BCUT2D eigenvalue weighted by Crippen LogP contribution is 2.35. The zero-order valence-electron chi connectivity index (χ0n) is 7.41. The molecule has 0 radical (unpaired) electrons. The fraction of sp³-hybridized carbons (Fsp3) is 0.333. The third kappa shape index (κ3) is 2.26. The van der Waals surface area contributed by atoms with Gasteiger partial charge in [0.1, 0.15) is 5.82 Å². The van der Waals surface area contributed by atoms with Crippen molar-refractivity contribution in [2.45, 2.75) is 12.3 Å². The fourth-order valence-electron chi connectivity index (χ4n) is 1.13. The van der Waals surface area contributed by atoms with Crippen LogP contribution in [-0.4, -0.2) is 11.7 Å². The Morgan fingerprint density at radius 1 is 1.07 bits per heavy atom. The highest BCUT2D eigenvalue weighted by molar-refractivity contribution is 5.25. The summed E-state index contributed by atoms with van der Waals surface area (Å²) in [6.45, 7) is -0.956. The van der Waals surface area contributed by atoms with E-state index in [4.69, 9.17) is 5.11 Å². The fourth-order valence-corrected chi connectivity index (χ4v) is 1.13. The molecule has 1 rings (SSSR count). The van der Waals surface area contributed by atoms with E-state index in [1.54, 1.807) is 0 Å². The van der Waals surface area contributed by atoms with Crippen molar-refractivity contribution in [2.75, 3.05) is 6.61 Å². The summed E-state index contributed by atoms with van der Waals surface area (Å²) in [6, 6.07) is 0.836. The first-order chi connectivity index (χ1) is 6.90. The smallest absolute Gasteiger partial charge is 0.281 e. The molecule has 0 atom stereocenters. The number of aliphatic hydroxyl groups is 1. The molecule has 1 aromatic rings. The van der Waals surface area contributed by atoms with Crippen molar-refractivity contribution in [2.24, 2.45) is 0 Å². The Labute approximate surface area is 82.1 Å². The van der Waals surface area contributed by atoms with Gasteiger partial charge >= 0.3 is 0 Å². The molecular weight excluding hydrogens is 219 g/mol. The summed E-state index contributed by atoms with van der Waals surface area (Å²) in [5.74, 6) is -8.94. The number of hydrogen-bond acceptors (Lipinski definition) is 1. The third-order valence-electron chi connectivity index (χ3n) is 1.84. The van der Waals surface area contributed by atoms with E-state index in [9.17, 15) is 22.0 Å². The van der Waals surface area contributed by atoms with Crippen molar-refractivity contribution in [1.82, 2.24) is 0 Å². The van der Waals surface area contributed by atoms with E-state index < -0.39 is 42.0 Å². The van der Waals surface area contributed by atoms with Gasteiger partial charge in [-0.3, -0.25) is 0 Å². The number of alkyl halides is 2. The first kappa shape index (κ1) is 11.9. The normalized spacial score (nSPS) is 11.9. The van der Waals surface area contributed by atoms with Crippen LogP contribution in [0, 0.1) is 17.5 Å². The monoisotopic (exact) mass is 226 g/mol. The number of hydrogen-bond donors (Lipinski definition) is 1. The number of benzene rings is 1. The van der Waals surface area contributed by atoms with Crippen LogP contribution < -0.4 is 0 Å². The average Bonchev–Trinajstić information content (AvgIpc) is 2.11. The van der Waals surface area contributed by atoms with Crippen LogP contribution in [0.15, 0.2) is 12.1 Å². The zero-order valence-corrected chi connectivity index (χ0v) is 7.41. The van der Waals surface area contributed by atoms with E-state index in [2.05, 4.69) is 0 Å². The van der Waals surface area contributed by atoms with Crippen LogP contribution in [0.25, 0.3) is 0 Å². The molecule has 6 heteroatoms. The molecule has 0 aliphatic heterocycles. The second-order valence-corrected chi connectivity index (χ2v) is 2.90. The van der Waals surface area contributed by atoms with Crippen LogP contribution >= 0.6 is 0 Å². The maximum absolute atomic E-state index is 13.1. The summed E-state index contributed by atoms with van der Waals surface area (Å²) in [7, 11) is 0. The molecule has 0 aromatic heterocycles. The van der Waals surface area contributed by atoms with Crippen molar-refractivity contribution in [3.63, 3.8) is 0 Å². The SMILES string of the molecule is OCCC(F)(F)c1c(F)ccc(F)c1F. The second-order valence-electron chi connectivity index (χ2n) is 2.90. The Morgan fingerprint density at radius 2 is 1.60 bits per heavy atom. The lowest BCUT2D eigenvalue weighted by atomic mass is 10.0. The summed E-state index contributed by atoms with van der Waals surface area (Å²) in [6.07, 6.45) is -1.16. The molecule has 1 aromatic carbocycles. The topological polar surface area (TPSA) is 20.2 Å². The maximum Gasteiger partial charge on any atom is 0.281 e. The molecule has 0 aliphatic carbocycles. The van der Waals surface area contributed by atoms with Crippen LogP contribution in [0.5, 0.6) is 0 Å². The Morgan fingerprint density at radius 3 is 2.13 bits per heavy atom. The summed E-state index contributed by atoms with van der Waals surface area (Å²) in [5.41, 5.74) is -1.64. The summed E-state index contributed by atoms with van der Waals surface area (Å²) >= 11 is 0. The lowest BCUT2D eigenvalue weighted by molar-refractivity contribution is -0.0337.